The van der Waals surface area contributed by atoms with Crippen molar-refractivity contribution in [3.05, 3.63) is 53.3 Å². The summed E-state index contributed by atoms with van der Waals surface area (Å²) in [6.45, 7) is -0.320. The van der Waals surface area contributed by atoms with Gasteiger partial charge in [-0.2, -0.15) is 0 Å². The second-order valence-electron chi connectivity index (χ2n) is 7.49. The quantitative estimate of drug-likeness (QED) is 0.563. The van der Waals surface area contributed by atoms with E-state index in [1.807, 2.05) is 6.07 Å². The Morgan fingerprint density at radius 3 is 2.58 bits per heavy atom. The molecule has 1 unspecified atom stereocenters. The average Bonchev–Trinajstić information content (AvgIpc) is 3.43. The Labute approximate surface area is 182 Å². The van der Waals surface area contributed by atoms with E-state index in [0.29, 0.717) is 15.8 Å². The van der Waals surface area contributed by atoms with Crippen molar-refractivity contribution in [1.29, 1.82) is 0 Å². The van der Waals surface area contributed by atoms with Crippen LogP contribution in [0, 0.1) is 5.82 Å². The van der Waals surface area contributed by atoms with Crippen LogP contribution in [-0.2, 0) is 19.4 Å². The summed E-state index contributed by atoms with van der Waals surface area (Å²) in [5, 5.41) is 3.54. The number of aromatic nitrogens is 1. The number of rotatable bonds is 7. The molecule has 0 aliphatic heterocycles. The van der Waals surface area contributed by atoms with Crippen LogP contribution in [0.2, 0.25) is 0 Å². The first-order valence-corrected chi connectivity index (χ1v) is 12.4. The molecule has 1 aliphatic carbocycles. The van der Waals surface area contributed by atoms with Gasteiger partial charge in [-0.3, -0.25) is 9.59 Å². The molecule has 1 heterocycles. The molecule has 0 saturated heterocycles. The zero-order valence-corrected chi connectivity index (χ0v) is 18.2. The molecule has 1 aliphatic rings. The fourth-order valence-electron chi connectivity index (χ4n) is 3.17. The molecule has 0 radical (unpaired) electrons. The Balaban J connectivity index is 1.63. The maximum absolute atomic E-state index is 14.6. The molecule has 1 aromatic heterocycles. The molecule has 31 heavy (non-hydrogen) atoms. The fraction of sp³-hybridized carbons (Fsp3) is 0.286. The third kappa shape index (κ3) is 4.91. The van der Waals surface area contributed by atoms with Crippen molar-refractivity contribution in [2.75, 3.05) is 12.8 Å². The Kier molecular flexibility index (Phi) is 5.76. The van der Waals surface area contributed by atoms with Gasteiger partial charge < -0.3 is 10.6 Å². The van der Waals surface area contributed by atoms with Gasteiger partial charge in [0.05, 0.1) is 16.8 Å². The number of carbonyl (C=O) groups excluding carboxylic acids is 2. The van der Waals surface area contributed by atoms with Crippen LogP contribution in [0.5, 0.6) is 0 Å². The monoisotopic (exact) mass is 461 g/mol. The standard InChI is InChI=1S/C21H20FN3O4S2/c1-31(28,29)19(20(27)23-11-18(26)24-13-7-8-13)21-25-16-10-15(22)14(9-17(16)30-21)12-5-3-2-4-6-12/h2-6,9-10,13,19H,7-8,11H2,1H3,(H,23,27)(H,24,26). The molecular formula is C21H20FN3O4S2. The van der Waals surface area contributed by atoms with Crippen molar-refractivity contribution in [2.45, 2.75) is 24.1 Å². The van der Waals surface area contributed by atoms with E-state index < -0.39 is 26.8 Å². The summed E-state index contributed by atoms with van der Waals surface area (Å²) < 4.78 is 39.9. The first-order chi connectivity index (χ1) is 14.7. The molecule has 10 heteroatoms. The molecule has 2 aromatic carbocycles. The maximum atomic E-state index is 14.6. The van der Waals surface area contributed by atoms with Gasteiger partial charge in [-0.25, -0.2) is 17.8 Å². The van der Waals surface area contributed by atoms with Crippen LogP contribution < -0.4 is 10.6 Å². The molecule has 1 fully saturated rings. The highest BCUT2D eigenvalue weighted by Crippen LogP contribution is 2.34. The molecule has 0 spiro atoms. The largest absolute Gasteiger partial charge is 0.352 e. The number of sulfone groups is 1. The van der Waals surface area contributed by atoms with E-state index in [0.717, 1.165) is 30.4 Å². The summed E-state index contributed by atoms with van der Waals surface area (Å²) in [6, 6.07) is 11.9. The fourth-order valence-corrected chi connectivity index (χ4v) is 5.70. The number of nitrogens with one attached hydrogen (secondary N) is 2. The molecule has 3 aromatic rings. The minimum atomic E-state index is -3.89. The van der Waals surface area contributed by atoms with Crippen molar-refractivity contribution < 1.29 is 22.4 Å². The van der Waals surface area contributed by atoms with Gasteiger partial charge in [-0.05, 0) is 24.5 Å². The number of carbonyl (C=O) groups is 2. The van der Waals surface area contributed by atoms with Gasteiger partial charge in [0, 0.05) is 23.9 Å². The van der Waals surface area contributed by atoms with Crippen molar-refractivity contribution in [3.63, 3.8) is 0 Å². The molecule has 1 atom stereocenters. The molecule has 2 N–H and O–H groups in total. The van der Waals surface area contributed by atoms with Crippen molar-refractivity contribution in [3.8, 4) is 11.1 Å². The lowest BCUT2D eigenvalue weighted by atomic mass is 10.1. The number of amides is 2. The Morgan fingerprint density at radius 1 is 1.23 bits per heavy atom. The van der Waals surface area contributed by atoms with Crippen LogP contribution in [0.25, 0.3) is 21.3 Å². The topological polar surface area (TPSA) is 105 Å². The lowest BCUT2D eigenvalue weighted by Gasteiger charge is -2.12. The molecule has 162 valence electrons. The zero-order chi connectivity index (χ0) is 22.2. The first-order valence-electron chi connectivity index (χ1n) is 9.63. The van der Waals surface area contributed by atoms with E-state index in [-0.39, 0.29) is 29.0 Å². The highest BCUT2D eigenvalue weighted by molar-refractivity contribution is 7.91. The highest BCUT2D eigenvalue weighted by atomic mass is 32.2. The first kappa shape index (κ1) is 21.4. The summed E-state index contributed by atoms with van der Waals surface area (Å²) in [6.07, 6.45) is 2.74. The maximum Gasteiger partial charge on any atom is 0.245 e. The minimum absolute atomic E-state index is 0.0298. The van der Waals surface area contributed by atoms with Gasteiger partial charge in [0.1, 0.15) is 10.8 Å². The zero-order valence-electron chi connectivity index (χ0n) is 16.6. The smallest absolute Gasteiger partial charge is 0.245 e. The lowest BCUT2D eigenvalue weighted by molar-refractivity contribution is -0.126. The third-order valence-corrected chi connectivity index (χ3v) is 7.36. The summed E-state index contributed by atoms with van der Waals surface area (Å²) in [5.74, 6) is -1.70. The van der Waals surface area contributed by atoms with Crippen LogP contribution in [0.15, 0.2) is 42.5 Å². The van der Waals surface area contributed by atoms with Gasteiger partial charge in [0.25, 0.3) is 0 Å². The van der Waals surface area contributed by atoms with E-state index in [4.69, 9.17) is 0 Å². The van der Waals surface area contributed by atoms with E-state index in [1.165, 1.54) is 6.07 Å². The summed E-state index contributed by atoms with van der Waals surface area (Å²) in [7, 11) is -3.89. The Bertz CT molecular complexity index is 1250. The summed E-state index contributed by atoms with van der Waals surface area (Å²) in [5.41, 5.74) is 1.31. The van der Waals surface area contributed by atoms with E-state index in [1.54, 1.807) is 30.3 Å². The Morgan fingerprint density at radius 2 is 1.94 bits per heavy atom. The molecule has 1 saturated carbocycles. The number of nitrogens with zero attached hydrogens (tertiary/aromatic N) is 1. The van der Waals surface area contributed by atoms with Crippen LogP contribution in [0.1, 0.15) is 23.1 Å². The van der Waals surface area contributed by atoms with Crippen LogP contribution >= 0.6 is 11.3 Å². The normalized spacial score (nSPS) is 14.9. The molecule has 4 rings (SSSR count). The highest BCUT2D eigenvalue weighted by Gasteiger charge is 2.34. The number of thiazole rings is 1. The summed E-state index contributed by atoms with van der Waals surface area (Å²) in [4.78, 5) is 28.7. The van der Waals surface area contributed by atoms with Gasteiger partial charge in [-0.1, -0.05) is 30.3 Å². The predicted octanol–water partition coefficient (Wildman–Crippen LogP) is 2.58. The molecule has 0 bridgehead atoms. The number of fused-ring (bicyclic) bond motifs is 1. The van der Waals surface area contributed by atoms with Crippen LogP contribution in [0.4, 0.5) is 4.39 Å². The van der Waals surface area contributed by atoms with Gasteiger partial charge in [0.2, 0.25) is 11.8 Å². The second-order valence-corrected chi connectivity index (χ2v) is 10.7. The number of hydrogen-bond acceptors (Lipinski definition) is 6. The van der Waals surface area contributed by atoms with Crippen molar-refractivity contribution >= 4 is 43.2 Å². The Hall–Kier alpha value is -2.85. The second kappa shape index (κ2) is 8.35. The average molecular weight is 462 g/mol. The van der Waals surface area contributed by atoms with Crippen LogP contribution in [0.3, 0.4) is 0 Å². The van der Waals surface area contributed by atoms with E-state index in [2.05, 4.69) is 15.6 Å². The van der Waals surface area contributed by atoms with Crippen molar-refractivity contribution in [1.82, 2.24) is 15.6 Å². The molecule has 7 nitrogen and oxygen atoms in total. The van der Waals surface area contributed by atoms with Crippen molar-refractivity contribution in [2.24, 2.45) is 0 Å². The van der Waals surface area contributed by atoms with Crippen LogP contribution in [-0.4, -0.2) is 44.1 Å². The van der Waals surface area contributed by atoms with Gasteiger partial charge in [-0.15, -0.1) is 11.3 Å². The third-order valence-electron chi connectivity index (χ3n) is 4.83. The van der Waals surface area contributed by atoms with Gasteiger partial charge >= 0.3 is 0 Å². The van der Waals surface area contributed by atoms with E-state index in [9.17, 15) is 22.4 Å². The SMILES string of the molecule is CS(=O)(=O)C(C(=O)NCC(=O)NC1CC1)c1nc2cc(F)c(-c3ccccc3)cc2s1. The van der Waals surface area contributed by atoms with E-state index >= 15 is 0 Å². The molecule has 2 amide bonds. The summed E-state index contributed by atoms with van der Waals surface area (Å²) >= 11 is 1.01. The number of hydrogen-bond donors (Lipinski definition) is 2. The number of halogens is 1. The minimum Gasteiger partial charge on any atom is -0.352 e. The predicted molar refractivity (Wildman–Crippen MR) is 117 cm³/mol. The molecular weight excluding hydrogens is 441 g/mol. The number of benzene rings is 2. The lowest BCUT2D eigenvalue weighted by Crippen LogP contribution is -2.41. The van der Waals surface area contributed by atoms with Gasteiger partial charge in [0.15, 0.2) is 15.1 Å².